The summed E-state index contributed by atoms with van der Waals surface area (Å²) in [6.45, 7) is 3.01. The topological polar surface area (TPSA) is 67.9 Å². The van der Waals surface area contributed by atoms with Gasteiger partial charge in [0, 0.05) is 23.7 Å². The first-order valence-corrected chi connectivity index (χ1v) is 8.72. The molecule has 1 aliphatic heterocycles. The SMILES string of the molecule is CCOC(=O)[C@H]1CSCCN1CC(=O)Nc1ccc(OC)cc1. The van der Waals surface area contributed by atoms with E-state index in [4.69, 9.17) is 9.47 Å². The Balaban J connectivity index is 1.92. The summed E-state index contributed by atoms with van der Waals surface area (Å²) < 4.78 is 10.2. The Bertz CT molecular complexity index is 535. The van der Waals surface area contributed by atoms with Crippen molar-refractivity contribution >= 4 is 29.3 Å². The molecule has 1 aromatic rings. The molecule has 1 aliphatic rings. The van der Waals surface area contributed by atoms with Crippen molar-refractivity contribution in [1.82, 2.24) is 4.90 Å². The predicted molar refractivity (Wildman–Crippen MR) is 90.9 cm³/mol. The molecule has 2 rings (SSSR count). The summed E-state index contributed by atoms with van der Waals surface area (Å²) in [7, 11) is 1.59. The van der Waals surface area contributed by atoms with Crippen LogP contribution in [0.15, 0.2) is 24.3 Å². The number of benzene rings is 1. The van der Waals surface area contributed by atoms with Gasteiger partial charge in [-0.25, -0.2) is 0 Å². The first-order chi connectivity index (χ1) is 11.1. The maximum Gasteiger partial charge on any atom is 0.324 e. The Morgan fingerprint density at radius 2 is 2.09 bits per heavy atom. The molecule has 1 aromatic carbocycles. The zero-order chi connectivity index (χ0) is 16.7. The lowest BCUT2D eigenvalue weighted by molar-refractivity contribution is -0.148. The highest BCUT2D eigenvalue weighted by molar-refractivity contribution is 7.99. The Morgan fingerprint density at radius 1 is 1.35 bits per heavy atom. The van der Waals surface area contributed by atoms with Gasteiger partial charge in [-0.1, -0.05) is 0 Å². The molecule has 0 bridgehead atoms. The van der Waals surface area contributed by atoms with Crippen LogP contribution >= 0.6 is 11.8 Å². The van der Waals surface area contributed by atoms with Crippen LogP contribution in [-0.2, 0) is 14.3 Å². The minimum atomic E-state index is -0.352. The number of hydrogen-bond acceptors (Lipinski definition) is 6. The molecule has 1 N–H and O–H groups in total. The first kappa shape index (κ1) is 17.6. The summed E-state index contributed by atoms with van der Waals surface area (Å²) in [6.07, 6.45) is 0. The second-order valence-electron chi connectivity index (χ2n) is 5.09. The number of anilines is 1. The smallest absolute Gasteiger partial charge is 0.324 e. The van der Waals surface area contributed by atoms with Crippen molar-refractivity contribution in [3.63, 3.8) is 0 Å². The minimum Gasteiger partial charge on any atom is -0.497 e. The summed E-state index contributed by atoms with van der Waals surface area (Å²) in [5.74, 6) is 1.91. The Hall–Kier alpha value is -1.73. The number of amides is 1. The molecule has 23 heavy (non-hydrogen) atoms. The Labute approximate surface area is 140 Å². The van der Waals surface area contributed by atoms with Crippen molar-refractivity contribution in [3.05, 3.63) is 24.3 Å². The number of carbonyl (C=O) groups is 2. The van der Waals surface area contributed by atoms with Crippen molar-refractivity contribution in [3.8, 4) is 5.75 Å². The van der Waals surface area contributed by atoms with Crippen LogP contribution in [0.1, 0.15) is 6.92 Å². The van der Waals surface area contributed by atoms with E-state index in [1.54, 1.807) is 50.1 Å². The van der Waals surface area contributed by atoms with Gasteiger partial charge in [-0.15, -0.1) is 0 Å². The second kappa shape index (κ2) is 8.79. The normalized spacial score (nSPS) is 18.3. The number of esters is 1. The third kappa shape index (κ3) is 5.14. The zero-order valence-electron chi connectivity index (χ0n) is 13.4. The monoisotopic (exact) mass is 338 g/mol. The van der Waals surface area contributed by atoms with Gasteiger partial charge in [0.25, 0.3) is 0 Å². The van der Waals surface area contributed by atoms with Gasteiger partial charge in [0.05, 0.1) is 20.3 Å². The average molecular weight is 338 g/mol. The summed E-state index contributed by atoms with van der Waals surface area (Å²) in [5.41, 5.74) is 0.704. The molecule has 1 heterocycles. The van der Waals surface area contributed by atoms with Crippen molar-refractivity contribution < 1.29 is 19.1 Å². The van der Waals surface area contributed by atoms with E-state index >= 15 is 0 Å². The largest absolute Gasteiger partial charge is 0.497 e. The molecule has 1 amide bonds. The summed E-state index contributed by atoms with van der Waals surface area (Å²) in [4.78, 5) is 26.1. The van der Waals surface area contributed by atoms with Crippen molar-refractivity contribution in [2.24, 2.45) is 0 Å². The van der Waals surface area contributed by atoms with E-state index in [1.807, 2.05) is 4.90 Å². The van der Waals surface area contributed by atoms with Gasteiger partial charge in [0.2, 0.25) is 5.91 Å². The summed E-state index contributed by atoms with van der Waals surface area (Å²) in [5, 5.41) is 2.84. The predicted octanol–water partition coefficient (Wildman–Crippen LogP) is 1.61. The number of nitrogens with zero attached hydrogens (tertiary/aromatic N) is 1. The fourth-order valence-electron chi connectivity index (χ4n) is 2.34. The molecule has 0 saturated carbocycles. The molecule has 0 aliphatic carbocycles. The molecule has 1 saturated heterocycles. The van der Waals surface area contributed by atoms with Gasteiger partial charge in [-0.3, -0.25) is 14.5 Å². The van der Waals surface area contributed by atoms with Crippen LogP contribution in [0.4, 0.5) is 5.69 Å². The first-order valence-electron chi connectivity index (χ1n) is 7.56. The molecule has 1 atom stereocenters. The van der Waals surface area contributed by atoms with Gasteiger partial charge in [-0.2, -0.15) is 11.8 Å². The number of thioether (sulfide) groups is 1. The molecule has 1 fully saturated rings. The average Bonchev–Trinajstić information content (AvgIpc) is 2.56. The van der Waals surface area contributed by atoms with Crippen molar-refractivity contribution in [1.29, 1.82) is 0 Å². The quantitative estimate of drug-likeness (QED) is 0.795. The lowest BCUT2D eigenvalue weighted by Crippen LogP contribution is -2.50. The van der Waals surface area contributed by atoms with E-state index < -0.39 is 0 Å². The maximum absolute atomic E-state index is 12.2. The van der Waals surface area contributed by atoms with Crippen LogP contribution < -0.4 is 10.1 Å². The number of methoxy groups -OCH3 is 1. The molecule has 0 spiro atoms. The number of ether oxygens (including phenoxy) is 2. The molecular weight excluding hydrogens is 316 g/mol. The van der Waals surface area contributed by atoms with E-state index in [0.717, 1.165) is 11.5 Å². The zero-order valence-corrected chi connectivity index (χ0v) is 14.2. The van der Waals surface area contributed by atoms with Gasteiger partial charge in [0.15, 0.2) is 0 Å². The van der Waals surface area contributed by atoms with Crippen LogP contribution in [0.3, 0.4) is 0 Å². The highest BCUT2D eigenvalue weighted by Crippen LogP contribution is 2.18. The lowest BCUT2D eigenvalue weighted by atomic mass is 10.2. The number of rotatable bonds is 6. The van der Waals surface area contributed by atoms with E-state index in [-0.39, 0.29) is 24.5 Å². The molecule has 0 unspecified atom stereocenters. The molecule has 126 valence electrons. The van der Waals surface area contributed by atoms with Gasteiger partial charge in [-0.05, 0) is 31.2 Å². The second-order valence-corrected chi connectivity index (χ2v) is 6.24. The highest BCUT2D eigenvalue weighted by Gasteiger charge is 2.31. The number of nitrogens with one attached hydrogen (secondary N) is 1. The third-order valence-electron chi connectivity index (χ3n) is 3.52. The molecule has 7 heteroatoms. The Kier molecular flexibility index (Phi) is 6.73. The standard InChI is InChI=1S/C16H22N2O4S/c1-3-22-16(20)14-11-23-9-8-18(14)10-15(19)17-12-4-6-13(21-2)7-5-12/h4-7,14H,3,8-11H2,1-2H3,(H,17,19)/t14-/m1/s1. The molecular formula is C16H22N2O4S. The molecule has 0 radical (unpaired) electrons. The number of carbonyl (C=O) groups excluding carboxylic acids is 2. The van der Waals surface area contributed by atoms with Crippen molar-refractivity contribution in [2.75, 3.05) is 43.6 Å². The van der Waals surface area contributed by atoms with Gasteiger partial charge >= 0.3 is 5.97 Å². The van der Waals surface area contributed by atoms with Crippen LogP contribution in [0.25, 0.3) is 0 Å². The highest BCUT2D eigenvalue weighted by atomic mass is 32.2. The van der Waals surface area contributed by atoms with Gasteiger partial charge < -0.3 is 14.8 Å². The third-order valence-corrected chi connectivity index (χ3v) is 4.54. The van der Waals surface area contributed by atoms with Crippen LogP contribution in [-0.4, -0.2) is 61.1 Å². The fourth-order valence-corrected chi connectivity index (χ4v) is 3.44. The summed E-state index contributed by atoms with van der Waals surface area (Å²) in [6, 6.07) is 6.79. The van der Waals surface area contributed by atoms with Crippen molar-refractivity contribution in [2.45, 2.75) is 13.0 Å². The van der Waals surface area contributed by atoms with E-state index in [2.05, 4.69) is 5.32 Å². The Morgan fingerprint density at radius 3 is 2.74 bits per heavy atom. The molecule has 0 aromatic heterocycles. The van der Waals surface area contributed by atoms with E-state index in [0.29, 0.717) is 24.6 Å². The van der Waals surface area contributed by atoms with E-state index in [1.165, 1.54) is 0 Å². The maximum atomic E-state index is 12.2. The number of hydrogen-bond donors (Lipinski definition) is 1. The van der Waals surface area contributed by atoms with Crippen LogP contribution in [0, 0.1) is 0 Å². The van der Waals surface area contributed by atoms with Crippen LogP contribution in [0.5, 0.6) is 5.75 Å². The lowest BCUT2D eigenvalue weighted by Gasteiger charge is -2.32. The summed E-state index contributed by atoms with van der Waals surface area (Å²) >= 11 is 1.71. The van der Waals surface area contributed by atoms with E-state index in [9.17, 15) is 9.59 Å². The van der Waals surface area contributed by atoms with Crippen LogP contribution in [0.2, 0.25) is 0 Å². The molecule has 6 nitrogen and oxygen atoms in total. The van der Waals surface area contributed by atoms with Gasteiger partial charge in [0.1, 0.15) is 11.8 Å². The fraction of sp³-hybridized carbons (Fsp3) is 0.500. The minimum absolute atomic E-state index is 0.142.